The normalized spacial score (nSPS) is 13.0. The number of carbonyl (C=O) groups is 2. The number of halogens is 1. The summed E-state index contributed by atoms with van der Waals surface area (Å²) < 4.78 is 18.2. The molecule has 0 radical (unpaired) electrons. The number of ether oxygens (including phenoxy) is 1. The maximum Gasteiger partial charge on any atom is 0.306 e. The molecule has 0 saturated carbocycles. The Kier molecular flexibility index (Phi) is 6.92. The van der Waals surface area contributed by atoms with E-state index in [1.165, 1.54) is 24.3 Å². The highest BCUT2D eigenvalue weighted by Crippen LogP contribution is 2.24. The van der Waals surface area contributed by atoms with Crippen molar-refractivity contribution in [3.05, 3.63) is 35.6 Å². The van der Waals surface area contributed by atoms with Gasteiger partial charge in [-0.3, -0.25) is 9.59 Å². The van der Waals surface area contributed by atoms with Gasteiger partial charge in [-0.2, -0.15) is 0 Å². The van der Waals surface area contributed by atoms with Crippen LogP contribution >= 0.6 is 0 Å². The van der Waals surface area contributed by atoms with Gasteiger partial charge in [0, 0.05) is 18.4 Å². The van der Waals surface area contributed by atoms with E-state index in [2.05, 4.69) is 0 Å². The molecule has 1 aromatic rings. The fourth-order valence-corrected chi connectivity index (χ4v) is 2.36. The maximum atomic E-state index is 12.9. The number of Topliss-reactive ketones (excluding diaryl/α,β-unsaturated/α-hetero) is 1. The number of esters is 1. The monoisotopic (exact) mass is 322 g/mol. The van der Waals surface area contributed by atoms with Crippen LogP contribution in [0.4, 0.5) is 4.39 Å². The Morgan fingerprint density at radius 3 is 2.17 bits per heavy atom. The Hall–Kier alpha value is -1.71. The van der Waals surface area contributed by atoms with Gasteiger partial charge in [0.05, 0.1) is 0 Å². The second-order valence-electron chi connectivity index (χ2n) is 7.26. The Bertz CT molecular complexity index is 527. The maximum absolute atomic E-state index is 12.9. The Balaban J connectivity index is 2.58. The second kappa shape index (κ2) is 8.23. The molecule has 0 aliphatic heterocycles. The van der Waals surface area contributed by atoms with E-state index < -0.39 is 5.60 Å². The zero-order chi connectivity index (χ0) is 17.6. The summed E-state index contributed by atoms with van der Waals surface area (Å²) in [5.74, 6) is -0.241. The molecule has 1 atom stereocenters. The number of hydrogen-bond acceptors (Lipinski definition) is 3. The molecule has 0 spiro atoms. The molecule has 23 heavy (non-hydrogen) atoms. The predicted octanol–water partition coefficient (Wildman–Crippen LogP) is 4.79. The lowest BCUT2D eigenvalue weighted by atomic mass is 9.87. The van der Waals surface area contributed by atoms with Crippen LogP contribution in [0.1, 0.15) is 64.2 Å². The summed E-state index contributed by atoms with van der Waals surface area (Å²) in [6.07, 6.45) is 1.27. The lowest BCUT2D eigenvalue weighted by molar-refractivity contribution is -0.156. The van der Waals surface area contributed by atoms with Crippen molar-refractivity contribution in [2.45, 2.75) is 59.5 Å². The van der Waals surface area contributed by atoms with Crippen LogP contribution in [0.15, 0.2) is 24.3 Å². The third-order valence-electron chi connectivity index (χ3n) is 3.70. The molecule has 128 valence electrons. The summed E-state index contributed by atoms with van der Waals surface area (Å²) in [5, 5.41) is 0. The lowest BCUT2D eigenvalue weighted by Crippen LogP contribution is -2.26. The minimum Gasteiger partial charge on any atom is -0.460 e. The average molecular weight is 322 g/mol. The largest absolute Gasteiger partial charge is 0.460 e. The van der Waals surface area contributed by atoms with Crippen LogP contribution in [0.2, 0.25) is 0 Å². The molecule has 0 aliphatic carbocycles. The molecule has 3 nitrogen and oxygen atoms in total. The molecule has 1 rings (SSSR count). The van der Waals surface area contributed by atoms with Gasteiger partial charge < -0.3 is 4.74 Å². The first-order chi connectivity index (χ1) is 10.6. The highest BCUT2D eigenvalue weighted by molar-refractivity contribution is 5.96. The molecule has 0 N–H and O–H groups in total. The molecule has 0 aliphatic rings. The van der Waals surface area contributed by atoms with Crippen molar-refractivity contribution in [2.75, 3.05) is 0 Å². The third kappa shape index (κ3) is 7.40. The molecule has 0 bridgehead atoms. The average Bonchev–Trinajstić information content (AvgIpc) is 2.41. The van der Waals surface area contributed by atoms with E-state index in [0.29, 0.717) is 24.8 Å². The van der Waals surface area contributed by atoms with Gasteiger partial charge in [0.25, 0.3) is 0 Å². The van der Waals surface area contributed by atoms with Crippen molar-refractivity contribution in [3.8, 4) is 0 Å². The molecule has 0 aromatic heterocycles. The van der Waals surface area contributed by atoms with Crippen molar-refractivity contribution in [1.29, 1.82) is 0 Å². The van der Waals surface area contributed by atoms with Gasteiger partial charge in [-0.25, -0.2) is 4.39 Å². The summed E-state index contributed by atoms with van der Waals surface area (Å²) >= 11 is 0. The van der Waals surface area contributed by atoms with E-state index in [4.69, 9.17) is 4.74 Å². The molecule has 1 unspecified atom stereocenters. The summed E-state index contributed by atoms with van der Waals surface area (Å²) in [6, 6.07) is 5.56. The van der Waals surface area contributed by atoms with Crippen LogP contribution in [0.25, 0.3) is 0 Å². The van der Waals surface area contributed by atoms with E-state index in [1.807, 2.05) is 34.6 Å². The topological polar surface area (TPSA) is 43.4 Å². The molecule has 4 heteroatoms. The number of ketones is 1. The Labute approximate surface area is 138 Å². The molecule has 0 amide bonds. The minimum absolute atomic E-state index is 0.0279. The van der Waals surface area contributed by atoms with E-state index in [0.717, 1.165) is 0 Å². The highest BCUT2D eigenvalue weighted by Gasteiger charge is 2.23. The van der Waals surface area contributed by atoms with Gasteiger partial charge in [0.15, 0.2) is 5.78 Å². The summed E-state index contributed by atoms with van der Waals surface area (Å²) in [6.45, 7) is 9.60. The quantitative estimate of drug-likeness (QED) is 0.535. The highest BCUT2D eigenvalue weighted by atomic mass is 19.1. The molecule has 1 aromatic carbocycles. The summed E-state index contributed by atoms with van der Waals surface area (Å²) in [4.78, 5) is 24.1. The van der Waals surface area contributed by atoms with Gasteiger partial charge in [-0.1, -0.05) is 13.8 Å². The van der Waals surface area contributed by atoms with Crippen LogP contribution in [0.5, 0.6) is 0 Å². The van der Waals surface area contributed by atoms with Gasteiger partial charge in [0.2, 0.25) is 0 Å². The van der Waals surface area contributed by atoms with Gasteiger partial charge in [-0.05, 0) is 63.3 Å². The first-order valence-corrected chi connectivity index (χ1v) is 8.09. The number of hydrogen-bond donors (Lipinski definition) is 0. The van der Waals surface area contributed by atoms with Gasteiger partial charge >= 0.3 is 5.97 Å². The zero-order valence-corrected chi connectivity index (χ0v) is 14.7. The second-order valence-corrected chi connectivity index (χ2v) is 7.26. The molecular weight excluding hydrogens is 295 g/mol. The fraction of sp³-hybridized carbons (Fsp3) is 0.579. The SMILES string of the molecule is CC(C)C(CCC(=O)c1ccc(F)cc1)CC(=O)OC(C)(C)C. The van der Waals surface area contributed by atoms with Crippen molar-refractivity contribution < 1.29 is 18.7 Å². The number of benzene rings is 1. The van der Waals surface area contributed by atoms with Gasteiger partial charge in [-0.15, -0.1) is 0 Å². The Morgan fingerprint density at radius 1 is 1.13 bits per heavy atom. The zero-order valence-electron chi connectivity index (χ0n) is 14.7. The van der Waals surface area contributed by atoms with Crippen LogP contribution < -0.4 is 0 Å². The third-order valence-corrected chi connectivity index (χ3v) is 3.70. The van der Waals surface area contributed by atoms with Crippen LogP contribution in [-0.4, -0.2) is 17.4 Å². The molecule has 0 fully saturated rings. The number of carbonyl (C=O) groups excluding carboxylic acids is 2. The smallest absolute Gasteiger partial charge is 0.306 e. The Morgan fingerprint density at radius 2 is 1.70 bits per heavy atom. The summed E-state index contributed by atoms with van der Waals surface area (Å²) in [5.41, 5.74) is 0.00824. The predicted molar refractivity (Wildman–Crippen MR) is 88.8 cm³/mol. The van der Waals surface area contributed by atoms with Crippen LogP contribution in [-0.2, 0) is 9.53 Å². The molecular formula is C19H27FO3. The van der Waals surface area contributed by atoms with Crippen LogP contribution in [0, 0.1) is 17.7 Å². The first kappa shape index (κ1) is 19.3. The minimum atomic E-state index is -0.497. The number of rotatable bonds is 7. The van der Waals surface area contributed by atoms with E-state index >= 15 is 0 Å². The van der Waals surface area contributed by atoms with Crippen molar-refractivity contribution in [2.24, 2.45) is 11.8 Å². The first-order valence-electron chi connectivity index (χ1n) is 8.09. The van der Waals surface area contributed by atoms with Crippen LogP contribution in [0.3, 0.4) is 0 Å². The van der Waals surface area contributed by atoms with Gasteiger partial charge in [0.1, 0.15) is 11.4 Å². The van der Waals surface area contributed by atoms with Crippen molar-refractivity contribution in [1.82, 2.24) is 0 Å². The van der Waals surface area contributed by atoms with Crippen molar-refractivity contribution >= 4 is 11.8 Å². The van der Waals surface area contributed by atoms with E-state index in [-0.39, 0.29) is 29.4 Å². The van der Waals surface area contributed by atoms with Crippen molar-refractivity contribution in [3.63, 3.8) is 0 Å². The standard InChI is InChI=1S/C19H27FO3/c1-13(2)15(12-18(22)23-19(3,4)5)8-11-17(21)14-6-9-16(20)10-7-14/h6-7,9-10,13,15H,8,11-12H2,1-5H3. The summed E-state index contributed by atoms with van der Waals surface area (Å²) in [7, 11) is 0. The molecule has 0 heterocycles. The lowest BCUT2D eigenvalue weighted by Gasteiger charge is -2.24. The van der Waals surface area contributed by atoms with E-state index in [1.54, 1.807) is 0 Å². The van der Waals surface area contributed by atoms with E-state index in [9.17, 15) is 14.0 Å². The molecule has 0 saturated heterocycles. The fourth-order valence-electron chi connectivity index (χ4n) is 2.36.